The maximum absolute atomic E-state index is 12.8. The highest BCUT2D eigenvalue weighted by atomic mass is 32.2. The van der Waals surface area contributed by atoms with Gasteiger partial charge in [0.2, 0.25) is 0 Å². The number of thioether (sulfide) groups is 1. The molecular weight excluding hydrogens is 408 g/mol. The highest BCUT2D eigenvalue weighted by molar-refractivity contribution is 8.18. The molecule has 1 fully saturated rings. The minimum Gasteiger partial charge on any atom is -0.480 e. The van der Waals surface area contributed by atoms with Crippen LogP contribution >= 0.6 is 11.8 Å². The molecule has 2 aromatic carbocycles. The largest absolute Gasteiger partial charge is 0.480 e. The zero-order valence-corrected chi connectivity index (χ0v) is 18.3. The maximum atomic E-state index is 12.8. The summed E-state index contributed by atoms with van der Waals surface area (Å²) < 4.78 is 12.2. The van der Waals surface area contributed by atoms with Crippen molar-refractivity contribution >= 4 is 28.9 Å². The number of fused-ring (bicyclic) bond motifs is 1. The van der Waals surface area contributed by atoms with Crippen molar-refractivity contribution in [1.82, 2.24) is 4.90 Å². The number of ether oxygens (including phenoxy) is 2. The topological polar surface area (TPSA) is 51.1 Å². The normalized spacial score (nSPS) is 26.9. The van der Waals surface area contributed by atoms with Crippen LogP contribution < -0.4 is 4.74 Å². The molecule has 0 aliphatic carbocycles. The van der Waals surface area contributed by atoms with Gasteiger partial charge in [-0.1, -0.05) is 48.5 Å². The SMILES string of the molecule is CC1CN(C2=NC(=O)/C(=C\C3=Cc4ccccc4OC3c3ccccc3)S2)CC(C)O1. The first kappa shape index (κ1) is 20.1. The van der Waals surface area contributed by atoms with Gasteiger partial charge in [-0.3, -0.25) is 4.79 Å². The number of amidine groups is 1. The molecule has 0 N–H and O–H groups in total. The summed E-state index contributed by atoms with van der Waals surface area (Å²) >= 11 is 1.44. The maximum Gasteiger partial charge on any atom is 0.286 e. The number of carbonyl (C=O) groups excluding carboxylic acids is 1. The van der Waals surface area contributed by atoms with E-state index in [0.29, 0.717) is 4.91 Å². The fourth-order valence-corrected chi connectivity index (χ4v) is 5.11. The second-order valence-corrected chi connectivity index (χ2v) is 9.07. The Morgan fingerprint density at radius 3 is 2.52 bits per heavy atom. The third-order valence-electron chi connectivity index (χ3n) is 5.49. The molecule has 3 heterocycles. The lowest BCUT2D eigenvalue weighted by Crippen LogP contribution is -2.47. The number of nitrogens with zero attached hydrogens (tertiary/aromatic N) is 2. The molecule has 6 heteroatoms. The number of morpholine rings is 1. The van der Waals surface area contributed by atoms with E-state index < -0.39 is 0 Å². The summed E-state index contributed by atoms with van der Waals surface area (Å²) in [5.74, 6) is 0.649. The first-order valence-corrected chi connectivity index (χ1v) is 11.3. The zero-order valence-electron chi connectivity index (χ0n) is 17.5. The van der Waals surface area contributed by atoms with Crippen LogP contribution in [0.4, 0.5) is 0 Å². The smallest absolute Gasteiger partial charge is 0.286 e. The fourth-order valence-electron chi connectivity index (χ4n) is 4.18. The van der Waals surface area contributed by atoms with Crippen LogP contribution in [0.3, 0.4) is 0 Å². The predicted octanol–water partition coefficient (Wildman–Crippen LogP) is 4.83. The number of carbonyl (C=O) groups is 1. The van der Waals surface area contributed by atoms with Gasteiger partial charge in [0.15, 0.2) is 5.17 Å². The number of para-hydroxylation sites is 1. The van der Waals surface area contributed by atoms with Gasteiger partial charge in [0.1, 0.15) is 11.9 Å². The fraction of sp³-hybridized carbons (Fsp3) is 0.280. The summed E-state index contributed by atoms with van der Waals surface area (Å²) in [7, 11) is 0. The Balaban J connectivity index is 1.45. The van der Waals surface area contributed by atoms with Gasteiger partial charge in [0, 0.05) is 18.7 Å². The molecule has 158 valence electrons. The molecule has 3 atom stereocenters. The molecule has 5 rings (SSSR count). The Morgan fingerprint density at radius 2 is 1.74 bits per heavy atom. The van der Waals surface area contributed by atoms with Crippen LogP contribution in [-0.2, 0) is 9.53 Å². The van der Waals surface area contributed by atoms with Crippen molar-refractivity contribution in [1.29, 1.82) is 0 Å². The Hall–Kier alpha value is -2.83. The molecule has 0 radical (unpaired) electrons. The summed E-state index contributed by atoms with van der Waals surface area (Å²) in [6.07, 6.45) is 4.00. The van der Waals surface area contributed by atoms with Crippen LogP contribution in [0.1, 0.15) is 31.1 Å². The molecular formula is C25H24N2O3S. The van der Waals surface area contributed by atoms with Crippen molar-refractivity contribution < 1.29 is 14.3 Å². The van der Waals surface area contributed by atoms with Crippen LogP contribution in [-0.4, -0.2) is 41.3 Å². The zero-order chi connectivity index (χ0) is 21.4. The van der Waals surface area contributed by atoms with E-state index in [1.54, 1.807) is 0 Å². The average Bonchev–Trinajstić information content (AvgIpc) is 3.13. The van der Waals surface area contributed by atoms with E-state index in [4.69, 9.17) is 9.47 Å². The average molecular weight is 433 g/mol. The quantitative estimate of drug-likeness (QED) is 0.637. The summed E-state index contributed by atoms with van der Waals surface area (Å²) in [4.78, 5) is 19.9. The highest BCUT2D eigenvalue weighted by Crippen LogP contribution is 2.40. The van der Waals surface area contributed by atoms with E-state index in [1.165, 1.54) is 11.8 Å². The Kier molecular flexibility index (Phi) is 5.42. The van der Waals surface area contributed by atoms with Crippen LogP contribution in [0.5, 0.6) is 5.75 Å². The molecule has 3 unspecified atom stereocenters. The van der Waals surface area contributed by atoms with Gasteiger partial charge in [-0.25, -0.2) is 0 Å². The second kappa shape index (κ2) is 8.36. The lowest BCUT2D eigenvalue weighted by molar-refractivity contribution is -0.113. The van der Waals surface area contributed by atoms with E-state index in [9.17, 15) is 4.79 Å². The van der Waals surface area contributed by atoms with Crippen LogP contribution in [0.15, 0.2) is 76.1 Å². The van der Waals surface area contributed by atoms with Gasteiger partial charge in [-0.05, 0) is 55.0 Å². The van der Waals surface area contributed by atoms with Gasteiger partial charge < -0.3 is 14.4 Å². The minimum atomic E-state index is -0.274. The molecule has 3 aliphatic heterocycles. The van der Waals surface area contributed by atoms with Crippen molar-refractivity contribution in [3.05, 3.63) is 82.3 Å². The number of hydrogen-bond donors (Lipinski definition) is 0. The van der Waals surface area contributed by atoms with E-state index in [0.717, 1.165) is 40.7 Å². The molecule has 0 aromatic heterocycles. The first-order valence-electron chi connectivity index (χ1n) is 10.5. The lowest BCUT2D eigenvalue weighted by Gasteiger charge is -2.35. The van der Waals surface area contributed by atoms with Gasteiger partial charge in [0.05, 0.1) is 17.1 Å². The van der Waals surface area contributed by atoms with Gasteiger partial charge in [0.25, 0.3) is 5.91 Å². The second-order valence-electron chi connectivity index (χ2n) is 8.06. The van der Waals surface area contributed by atoms with E-state index >= 15 is 0 Å². The van der Waals surface area contributed by atoms with Crippen LogP contribution in [0.25, 0.3) is 6.08 Å². The molecule has 0 spiro atoms. The monoisotopic (exact) mass is 432 g/mol. The third-order valence-corrected chi connectivity index (χ3v) is 6.53. The van der Waals surface area contributed by atoms with Crippen molar-refractivity contribution in [2.24, 2.45) is 4.99 Å². The molecule has 0 saturated carbocycles. The molecule has 3 aliphatic rings. The van der Waals surface area contributed by atoms with Gasteiger partial charge in [-0.15, -0.1) is 0 Å². The van der Waals surface area contributed by atoms with Crippen molar-refractivity contribution in [2.45, 2.75) is 32.2 Å². The summed E-state index contributed by atoms with van der Waals surface area (Å²) in [5.41, 5.74) is 3.00. The molecule has 2 aromatic rings. The van der Waals surface area contributed by atoms with Crippen molar-refractivity contribution in [3.63, 3.8) is 0 Å². The predicted molar refractivity (Wildman–Crippen MR) is 124 cm³/mol. The standard InChI is InChI=1S/C25H24N2O3S/c1-16-14-27(15-17(2)29-16)25-26-24(28)22(31-25)13-20-12-19-10-6-7-11-21(19)30-23(20)18-8-4-3-5-9-18/h3-13,16-17,23H,14-15H2,1-2H3/b22-13+. The number of rotatable bonds is 2. The number of aliphatic imine (C=N–C) groups is 1. The van der Waals surface area contributed by atoms with E-state index in [-0.39, 0.29) is 24.2 Å². The van der Waals surface area contributed by atoms with Gasteiger partial charge in [-0.2, -0.15) is 4.99 Å². The van der Waals surface area contributed by atoms with Crippen molar-refractivity contribution in [2.75, 3.05) is 13.1 Å². The Labute approximate surface area is 186 Å². The molecule has 1 saturated heterocycles. The van der Waals surface area contributed by atoms with Crippen LogP contribution in [0.2, 0.25) is 0 Å². The molecule has 5 nitrogen and oxygen atoms in total. The van der Waals surface area contributed by atoms with Crippen LogP contribution in [0, 0.1) is 0 Å². The summed E-state index contributed by atoms with van der Waals surface area (Å²) in [6.45, 7) is 5.58. The number of hydrogen-bond acceptors (Lipinski definition) is 5. The summed E-state index contributed by atoms with van der Waals surface area (Å²) in [5, 5.41) is 0.757. The summed E-state index contributed by atoms with van der Waals surface area (Å²) in [6, 6.07) is 18.1. The molecule has 1 amide bonds. The molecule has 0 bridgehead atoms. The first-order chi connectivity index (χ1) is 15.1. The van der Waals surface area contributed by atoms with E-state index in [2.05, 4.69) is 16.0 Å². The lowest BCUT2D eigenvalue weighted by atomic mass is 9.95. The minimum absolute atomic E-state index is 0.114. The van der Waals surface area contributed by atoms with Crippen molar-refractivity contribution in [3.8, 4) is 5.75 Å². The molecule has 31 heavy (non-hydrogen) atoms. The number of benzene rings is 2. The third kappa shape index (κ3) is 4.18. The van der Waals surface area contributed by atoms with E-state index in [1.807, 2.05) is 74.5 Å². The Morgan fingerprint density at radius 1 is 1.03 bits per heavy atom. The highest BCUT2D eigenvalue weighted by Gasteiger charge is 2.32. The van der Waals surface area contributed by atoms with Gasteiger partial charge >= 0.3 is 0 Å². The Bertz CT molecular complexity index is 1080. The number of amides is 1.